The van der Waals surface area contributed by atoms with Crippen molar-refractivity contribution in [2.24, 2.45) is 5.92 Å². The number of carbonyl (C=O) groups excluding carboxylic acids is 1. The van der Waals surface area contributed by atoms with E-state index in [2.05, 4.69) is 36.3 Å². The average molecular weight is 451 g/mol. The molecule has 166 valence electrons. The second kappa shape index (κ2) is 9.48. The monoisotopic (exact) mass is 450 g/mol. The van der Waals surface area contributed by atoms with E-state index in [-0.39, 0.29) is 11.3 Å². The molecule has 0 spiro atoms. The number of rotatable bonds is 6. The van der Waals surface area contributed by atoms with E-state index < -0.39 is 10.8 Å². The second-order valence-electron chi connectivity index (χ2n) is 8.17. The maximum atomic E-state index is 12.8. The van der Waals surface area contributed by atoms with Crippen LogP contribution in [0.5, 0.6) is 0 Å². The number of benzene rings is 2. The van der Waals surface area contributed by atoms with Crippen LogP contribution in [0.3, 0.4) is 0 Å². The van der Waals surface area contributed by atoms with Gasteiger partial charge in [0, 0.05) is 35.7 Å². The molecule has 1 aromatic heterocycles. The van der Waals surface area contributed by atoms with Crippen LogP contribution in [0.15, 0.2) is 47.8 Å². The first-order valence-corrected chi connectivity index (χ1v) is 11.7. The molecule has 3 aromatic rings. The van der Waals surface area contributed by atoms with Crippen LogP contribution in [0, 0.1) is 16.0 Å². The van der Waals surface area contributed by atoms with Crippen molar-refractivity contribution in [3.05, 3.63) is 69.1 Å². The van der Waals surface area contributed by atoms with Crippen molar-refractivity contribution in [1.82, 2.24) is 4.98 Å². The summed E-state index contributed by atoms with van der Waals surface area (Å²) in [5.41, 5.74) is 3.80. The molecule has 0 unspecified atom stereocenters. The van der Waals surface area contributed by atoms with Gasteiger partial charge in [0.05, 0.1) is 10.6 Å². The van der Waals surface area contributed by atoms with Crippen LogP contribution in [-0.2, 0) is 6.42 Å². The summed E-state index contributed by atoms with van der Waals surface area (Å²) < 4.78 is 0. The van der Waals surface area contributed by atoms with Gasteiger partial charge in [0.1, 0.15) is 5.69 Å². The van der Waals surface area contributed by atoms with Gasteiger partial charge in [-0.25, -0.2) is 4.98 Å². The fourth-order valence-electron chi connectivity index (χ4n) is 3.87. The van der Waals surface area contributed by atoms with E-state index in [1.807, 2.05) is 22.4 Å². The van der Waals surface area contributed by atoms with Gasteiger partial charge < -0.3 is 4.90 Å². The van der Waals surface area contributed by atoms with Crippen LogP contribution in [0.1, 0.15) is 42.6 Å². The lowest BCUT2D eigenvalue weighted by Crippen LogP contribution is -2.33. The van der Waals surface area contributed by atoms with E-state index in [0.29, 0.717) is 16.7 Å². The standard InChI is InChI=1S/C24H26N4O3S/c1-3-17-4-6-18(7-5-17)20-15-32-24(25-20)26-23(29)19-8-9-21(22(14-19)28(30)31)27-12-10-16(2)11-13-27/h4-9,14-16H,3,10-13H2,1-2H3,(H,25,26,29). The van der Waals surface area contributed by atoms with Crippen LogP contribution in [-0.4, -0.2) is 28.9 Å². The Bertz CT molecular complexity index is 1120. The molecule has 1 fully saturated rings. The van der Waals surface area contributed by atoms with Crippen molar-refractivity contribution in [2.75, 3.05) is 23.3 Å². The molecule has 1 amide bonds. The van der Waals surface area contributed by atoms with Gasteiger partial charge in [-0.3, -0.25) is 20.2 Å². The molecule has 0 radical (unpaired) electrons. The van der Waals surface area contributed by atoms with Gasteiger partial charge in [-0.15, -0.1) is 11.3 Å². The van der Waals surface area contributed by atoms with Gasteiger partial charge in [-0.2, -0.15) is 0 Å². The minimum atomic E-state index is -0.411. The van der Waals surface area contributed by atoms with Crippen molar-refractivity contribution >= 4 is 33.8 Å². The van der Waals surface area contributed by atoms with E-state index in [9.17, 15) is 14.9 Å². The number of thiazole rings is 1. The lowest BCUT2D eigenvalue weighted by Gasteiger charge is -2.31. The molecule has 0 atom stereocenters. The third-order valence-electron chi connectivity index (χ3n) is 5.94. The normalized spacial score (nSPS) is 14.4. The molecule has 0 aliphatic carbocycles. The molecule has 8 heteroatoms. The third-order valence-corrected chi connectivity index (χ3v) is 6.70. The quantitative estimate of drug-likeness (QED) is 0.380. The Balaban J connectivity index is 1.50. The molecular formula is C24H26N4O3S. The van der Waals surface area contributed by atoms with E-state index in [1.54, 1.807) is 12.1 Å². The highest BCUT2D eigenvalue weighted by Gasteiger charge is 2.25. The lowest BCUT2D eigenvalue weighted by molar-refractivity contribution is -0.384. The Morgan fingerprint density at radius 2 is 1.94 bits per heavy atom. The predicted octanol–water partition coefficient (Wildman–Crippen LogP) is 5.77. The number of aromatic nitrogens is 1. The highest BCUT2D eigenvalue weighted by Crippen LogP contribution is 2.33. The van der Waals surface area contributed by atoms with Crippen LogP contribution in [0.2, 0.25) is 0 Å². The van der Waals surface area contributed by atoms with Crippen LogP contribution >= 0.6 is 11.3 Å². The van der Waals surface area contributed by atoms with Crippen LogP contribution in [0.4, 0.5) is 16.5 Å². The number of nitrogens with zero attached hydrogens (tertiary/aromatic N) is 3. The summed E-state index contributed by atoms with van der Waals surface area (Å²) in [7, 11) is 0. The number of anilines is 2. The molecule has 0 bridgehead atoms. The summed E-state index contributed by atoms with van der Waals surface area (Å²) in [6.07, 6.45) is 2.99. The predicted molar refractivity (Wildman–Crippen MR) is 129 cm³/mol. The summed E-state index contributed by atoms with van der Waals surface area (Å²) >= 11 is 1.33. The molecule has 4 rings (SSSR count). The molecule has 32 heavy (non-hydrogen) atoms. The summed E-state index contributed by atoms with van der Waals surface area (Å²) in [5, 5.41) is 16.8. The van der Waals surface area contributed by atoms with Crippen LogP contribution in [0.25, 0.3) is 11.3 Å². The fourth-order valence-corrected chi connectivity index (χ4v) is 4.59. The van der Waals surface area contributed by atoms with Gasteiger partial charge in [0.25, 0.3) is 11.6 Å². The van der Waals surface area contributed by atoms with E-state index in [0.717, 1.165) is 43.6 Å². The molecule has 1 aliphatic rings. The highest BCUT2D eigenvalue weighted by atomic mass is 32.1. The topological polar surface area (TPSA) is 88.4 Å². The molecule has 7 nitrogen and oxygen atoms in total. The van der Waals surface area contributed by atoms with Crippen molar-refractivity contribution in [2.45, 2.75) is 33.1 Å². The Kier molecular flexibility index (Phi) is 6.50. The number of nitro groups is 1. The van der Waals surface area contributed by atoms with Crippen molar-refractivity contribution in [3.8, 4) is 11.3 Å². The van der Waals surface area contributed by atoms with Crippen molar-refractivity contribution in [3.63, 3.8) is 0 Å². The van der Waals surface area contributed by atoms with Crippen LogP contribution < -0.4 is 10.2 Å². The van der Waals surface area contributed by atoms with E-state index in [4.69, 9.17) is 0 Å². The minimum Gasteiger partial charge on any atom is -0.366 e. The number of amides is 1. The zero-order valence-corrected chi connectivity index (χ0v) is 19.0. The fraction of sp³-hybridized carbons (Fsp3) is 0.333. The third kappa shape index (κ3) is 4.80. The Hall–Kier alpha value is -3.26. The van der Waals surface area contributed by atoms with E-state index >= 15 is 0 Å². The zero-order valence-electron chi connectivity index (χ0n) is 18.2. The molecular weight excluding hydrogens is 424 g/mol. The van der Waals surface area contributed by atoms with Crippen molar-refractivity contribution < 1.29 is 9.72 Å². The zero-order chi connectivity index (χ0) is 22.7. The van der Waals surface area contributed by atoms with E-state index in [1.165, 1.54) is 23.0 Å². The number of carbonyl (C=O) groups is 1. The smallest absolute Gasteiger partial charge is 0.293 e. The van der Waals surface area contributed by atoms with Gasteiger partial charge in [-0.05, 0) is 42.9 Å². The molecule has 2 aromatic carbocycles. The average Bonchev–Trinajstić information content (AvgIpc) is 3.27. The Labute approximate surface area is 191 Å². The van der Waals surface area contributed by atoms with Gasteiger partial charge in [-0.1, -0.05) is 38.1 Å². The largest absolute Gasteiger partial charge is 0.366 e. The number of hydrogen-bond acceptors (Lipinski definition) is 6. The number of piperidine rings is 1. The Morgan fingerprint density at radius 3 is 2.59 bits per heavy atom. The number of nitro benzene ring substituents is 1. The summed E-state index contributed by atoms with van der Waals surface area (Å²) in [6.45, 7) is 5.88. The first-order chi connectivity index (χ1) is 15.4. The molecule has 1 aliphatic heterocycles. The highest BCUT2D eigenvalue weighted by molar-refractivity contribution is 7.14. The SMILES string of the molecule is CCc1ccc(-c2csc(NC(=O)c3ccc(N4CCC(C)CC4)c([N+](=O)[O-])c3)n2)cc1. The molecule has 2 heterocycles. The van der Waals surface area contributed by atoms with Gasteiger partial charge >= 0.3 is 0 Å². The first kappa shape index (κ1) is 22.0. The Morgan fingerprint density at radius 1 is 1.22 bits per heavy atom. The number of hydrogen-bond donors (Lipinski definition) is 1. The molecule has 0 saturated carbocycles. The summed E-state index contributed by atoms with van der Waals surface area (Å²) in [6, 6.07) is 12.9. The van der Waals surface area contributed by atoms with Crippen molar-refractivity contribution in [1.29, 1.82) is 0 Å². The lowest BCUT2D eigenvalue weighted by atomic mass is 9.98. The van der Waals surface area contributed by atoms with Gasteiger partial charge in [0.15, 0.2) is 5.13 Å². The first-order valence-electron chi connectivity index (χ1n) is 10.8. The summed E-state index contributed by atoms with van der Waals surface area (Å²) in [5.74, 6) is 0.220. The molecule has 1 N–H and O–H groups in total. The maximum Gasteiger partial charge on any atom is 0.293 e. The number of aryl methyl sites for hydroxylation is 1. The molecule has 1 saturated heterocycles. The summed E-state index contributed by atoms with van der Waals surface area (Å²) in [4.78, 5) is 30.6. The second-order valence-corrected chi connectivity index (χ2v) is 9.03. The number of nitrogens with one attached hydrogen (secondary N) is 1. The van der Waals surface area contributed by atoms with Gasteiger partial charge in [0.2, 0.25) is 0 Å². The minimum absolute atomic E-state index is 0.0388. The maximum absolute atomic E-state index is 12.8.